The maximum atomic E-state index is 11.0. The second-order valence-electron chi connectivity index (χ2n) is 10.1. The van der Waals surface area contributed by atoms with Crippen molar-refractivity contribution in [1.29, 1.82) is 0 Å². The van der Waals surface area contributed by atoms with Crippen LogP contribution in [0.3, 0.4) is 0 Å². The minimum absolute atomic E-state index is 0.161. The van der Waals surface area contributed by atoms with Crippen molar-refractivity contribution in [3.63, 3.8) is 0 Å². The van der Waals surface area contributed by atoms with Gasteiger partial charge >= 0.3 is 0 Å². The van der Waals surface area contributed by atoms with Crippen molar-refractivity contribution in [3.05, 3.63) is 11.4 Å². The summed E-state index contributed by atoms with van der Waals surface area (Å²) in [5, 5.41) is 29.9. The molecule has 0 unspecified atom stereocenters. The van der Waals surface area contributed by atoms with Crippen LogP contribution in [-0.4, -0.2) is 32.2 Å². The SMILES string of the molecule is C[C@]12Cc3nonc3C[C@@H]1CC[C@@H]1[C@@H]2CC[C@@]2(C)[C@H]1C[C@@H](O)[C@]2(C)O. The standard InChI is InChI=1S/C20H30N2O3/c1-18-10-16-15(21-25-22-16)8-11(18)4-5-12-13(18)6-7-19(2)14(12)9-17(23)20(19,3)24/h11-14,17,23-24H,4-10H2,1-3H3/t11-,12+,13-,14-,17+,18-,19-,20-/m0/s1. The Hall–Kier alpha value is -0.940. The van der Waals surface area contributed by atoms with Crippen molar-refractivity contribution < 1.29 is 14.8 Å². The van der Waals surface area contributed by atoms with Crippen LogP contribution in [0.1, 0.15) is 64.3 Å². The van der Waals surface area contributed by atoms with E-state index in [0.717, 1.165) is 43.5 Å². The molecule has 2 N–H and O–H groups in total. The normalized spacial score (nSPS) is 54.4. The average Bonchev–Trinajstić information content (AvgIpc) is 3.07. The Kier molecular flexibility index (Phi) is 3.16. The molecule has 5 rings (SSSR count). The van der Waals surface area contributed by atoms with E-state index in [1.165, 1.54) is 12.8 Å². The molecule has 25 heavy (non-hydrogen) atoms. The lowest BCUT2D eigenvalue weighted by atomic mass is 9.44. The molecule has 0 radical (unpaired) electrons. The predicted molar refractivity (Wildman–Crippen MR) is 91.6 cm³/mol. The van der Waals surface area contributed by atoms with E-state index in [0.29, 0.717) is 23.7 Å². The Morgan fingerprint density at radius 3 is 2.60 bits per heavy atom. The number of fused-ring (bicyclic) bond motifs is 6. The smallest absolute Gasteiger partial charge is 0.108 e. The zero-order valence-electron chi connectivity index (χ0n) is 15.5. The second-order valence-corrected chi connectivity index (χ2v) is 10.1. The first-order valence-electron chi connectivity index (χ1n) is 9.98. The van der Waals surface area contributed by atoms with Crippen LogP contribution in [-0.2, 0) is 12.8 Å². The van der Waals surface area contributed by atoms with Crippen LogP contribution in [0, 0.1) is 34.5 Å². The summed E-state index contributed by atoms with van der Waals surface area (Å²) >= 11 is 0. The topological polar surface area (TPSA) is 79.4 Å². The van der Waals surface area contributed by atoms with Crippen LogP contribution in [0.5, 0.6) is 0 Å². The van der Waals surface area contributed by atoms with Gasteiger partial charge in [-0.05, 0) is 74.5 Å². The number of aliphatic hydroxyl groups is 2. The van der Waals surface area contributed by atoms with Crippen molar-refractivity contribution in [2.75, 3.05) is 0 Å². The molecular weight excluding hydrogens is 316 g/mol. The molecule has 1 aromatic rings. The highest BCUT2D eigenvalue weighted by Crippen LogP contribution is 2.67. The van der Waals surface area contributed by atoms with Gasteiger partial charge in [0, 0.05) is 11.8 Å². The van der Waals surface area contributed by atoms with Crippen molar-refractivity contribution in [3.8, 4) is 0 Å². The van der Waals surface area contributed by atoms with E-state index in [1.54, 1.807) is 0 Å². The quantitative estimate of drug-likeness (QED) is 0.755. The van der Waals surface area contributed by atoms with Gasteiger partial charge in [0.15, 0.2) is 0 Å². The summed E-state index contributed by atoms with van der Waals surface area (Å²) in [6, 6.07) is 0. The summed E-state index contributed by atoms with van der Waals surface area (Å²) in [6.45, 7) is 6.54. The molecule has 0 amide bonds. The van der Waals surface area contributed by atoms with Crippen LogP contribution >= 0.6 is 0 Å². The number of hydrogen-bond acceptors (Lipinski definition) is 5. The number of hydrogen-bond donors (Lipinski definition) is 2. The van der Waals surface area contributed by atoms with E-state index in [9.17, 15) is 10.2 Å². The maximum Gasteiger partial charge on any atom is 0.108 e. The lowest BCUT2D eigenvalue weighted by Gasteiger charge is -2.60. The number of rotatable bonds is 0. The zero-order chi connectivity index (χ0) is 17.6. The Bertz CT molecular complexity index is 701. The number of nitrogens with zero attached hydrogens (tertiary/aromatic N) is 2. The second kappa shape index (κ2) is 4.86. The molecule has 0 aliphatic heterocycles. The van der Waals surface area contributed by atoms with Gasteiger partial charge in [-0.2, -0.15) is 0 Å². The van der Waals surface area contributed by atoms with E-state index in [2.05, 4.69) is 24.2 Å². The van der Waals surface area contributed by atoms with Crippen molar-refractivity contribution in [2.24, 2.45) is 34.5 Å². The van der Waals surface area contributed by atoms with Gasteiger partial charge in [-0.25, -0.2) is 4.63 Å². The van der Waals surface area contributed by atoms with Gasteiger partial charge in [0.25, 0.3) is 0 Å². The molecule has 138 valence electrons. The van der Waals surface area contributed by atoms with Crippen LogP contribution in [0.15, 0.2) is 4.63 Å². The van der Waals surface area contributed by atoms with Crippen LogP contribution < -0.4 is 0 Å². The molecule has 4 aliphatic carbocycles. The predicted octanol–water partition coefficient (Wildman–Crippen LogP) is 2.75. The van der Waals surface area contributed by atoms with Crippen molar-refractivity contribution in [1.82, 2.24) is 10.3 Å². The fourth-order valence-electron chi connectivity index (χ4n) is 7.49. The molecule has 5 heteroatoms. The molecule has 8 atom stereocenters. The monoisotopic (exact) mass is 346 g/mol. The van der Waals surface area contributed by atoms with Gasteiger partial charge in [0.1, 0.15) is 11.4 Å². The number of aliphatic hydroxyl groups excluding tert-OH is 1. The molecule has 0 saturated heterocycles. The first-order valence-corrected chi connectivity index (χ1v) is 9.98. The van der Waals surface area contributed by atoms with Gasteiger partial charge < -0.3 is 10.2 Å². The molecule has 3 fully saturated rings. The largest absolute Gasteiger partial charge is 0.390 e. The van der Waals surface area contributed by atoms with E-state index in [4.69, 9.17) is 4.63 Å². The highest BCUT2D eigenvalue weighted by Gasteiger charge is 2.66. The molecule has 0 aromatic carbocycles. The fraction of sp³-hybridized carbons (Fsp3) is 0.900. The summed E-state index contributed by atoms with van der Waals surface area (Å²) in [6.07, 6.45) is 6.72. The van der Waals surface area contributed by atoms with E-state index in [-0.39, 0.29) is 10.8 Å². The van der Waals surface area contributed by atoms with Gasteiger partial charge in [0.2, 0.25) is 0 Å². The third kappa shape index (κ3) is 1.86. The van der Waals surface area contributed by atoms with Crippen LogP contribution in [0.2, 0.25) is 0 Å². The van der Waals surface area contributed by atoms with Crippen molar-refractivity contribution >= 4 is 0 Å². The molecule has 0 bridgehead atoms. The van der Waals surface area contributed by atoms with E-state index < -0.39 is 11.7 Å². The lowest BCUT2D eigenvalue weighted by Crippen LogP contribution is -2.57. The van der Waals surface area contributed by atoms with Crippen molar-refractivity contribution in [2.45, 2.75) is 77.4 Å². The van der Waals surface area contributed by atoms with Gasteiger partial charge in [-0.1, -0.05) is 24.2 Å². The van der Waals surface area contributed by atoms with Crippen LogP contribution in [0.4, 0.5) is 0 Å². The van der Waals surface area contributed by atoms with Crippen LogP contribution in [0.25, 0.3) is 0 Å². The van der Waals surface area contributed by atoms with Gasteiger partial charge in [-0.3, -0.25) is 0 Å². The molecule has 0 spiro atoms. The summed E-state index contributed by atoms with van der Waals surface area (Å²) in [5.41, 5.74) is 1.25. The summed E-state index contributed by atoms with van der Waals surface area (Å²) < 4.78 is 5.02. The molecule has 5 nitrogen and oxygen atoms in total. The Morgan fingerprint density at radius 2 is 1.80 bits per heavy atom. The Morgan fingerprint density at radius 1 is 1.04 bits per heavy atom. The first kappa shape index (κ1) is 16.2. The average molecular weight is 346 g/mol. The van der Waals surface area contributed by atoms with Gasteiger partial charge in [-0.15, -0.1) is 0 Å². The molecule has 1 aromatic heterocycles. The Balaban J connectivity index is 1.51. The summed E-state index contributed by atoms with van der Waals surface area (Å²) in [5.74, 6) is 2.33. The van der Waals surface area contributed by atoms with E-state index in [1.807, 2.05) is 6.92 Å². The lowest BCUT2D eigenvalue weighted by molar-refractivity contribution is -0.156. The molecule has 3 saturated carbocycles. The molecular formula is C20H30N2O3. The third-order valence-corrected chi connectivity index (χ3v) is 9.36. The summed E-state index contributed by atoms with van der Waals surface area (Å²) in [7, 11) is 0. The Labute approximate surface area is 149 Å². The summed E-state index contributed by atoms with van der Waals surface area (Å²) in [4.78, 5) is 0. The maximum absolute atomic E-state index is 11.0. The van der Waals surface area contributed by atoms with E-state index >= 15 is 0 Å². The number of aromatic nitrogens is 2. The highest BCUT2D eigenvalue weighted by atomic mass is 16.6. The first-order chi connectivity index (χ1) is 11.8. The van der Waals surface area contributed by atoms with Gasteiger partial charge in [0.05, 0.1) is 11.7 Å². The third-order valence-electron chi connectivity index (χ3n) is 9.36. The molecule has 1 heterocycles. The molecule has 4 aliphatic rings. The minimum atomic E-state index is -0.962. The minimum Gasteiger partial charge on any atom is -0.390 e. The fourth-order valence-corrected chi connectivity index (χ4v) is 7.49. The highest BCUT2D eigenvalue weighted by molar-refractivity contribution is 5.22. The zero-order valence-corrected chi connectivity index (χ0v) is 15.5.